The summed E-state index contributed by atoms with van der Waals surface area (Å²) in [7, 11) is 0. The predicted molar refractivity (Wildman–Crippen MR) is 101 cm³/mol. The Bertz CT molecular complexity index is 1000. The van der Waals surface area contributed by atoms with Crippen molar-refractivity contribution < 1.29 is 19.1 Å². The van der Waals surface area contributed by atoms with Crippen LogP contribution in [0.25, 0.3) is 0 Å². The third kappa shape index (κ3) is 3.05. The molecule has 27 heavy (non-hydrogen) atoms. The number of carbonyl (C=O) groups excluding carboxylic acids is 2. The summed E-state index contributed by atoms with van der Waals surface area (Å²) < 4.78 is 5.11. The smallest absolute Gasteiger partial charge is 0.264 e. The molecule has 5 nitrogen and oxygen atoms in total. The van der Waals surface area contributed by atoms with Crippen LogP contribution in [0.2, 0.25) is 5.02 Å². The number of amides is 1. The summed E-state index contributed by atoms with van der Waals surface area (Å²) in [6.07, 6.45) is 0.957. The molecule has 1 unspecified atom stereocenters. The quantitative estimate of drug-likeness (QED) is 0.679. The summed E-state index contributed by atoms with van der Waals surface area (Å²) in [5, 5.41) is 11.6. The Balaban J connectivity index is 1.73. The monoisotopic (exact) mass is 381 g/mol. The minimum atomic E-state index is -1.99. The molecule has 1 aromatic heterocycles. The van der Waals surface area contributed by atoms with Crippen molar-refractivity contribution in [2.45, 2.75) is 18.6 Å². The molecule has 136 valence electrons. The van der Waals surface area contributed by atoms with Gasteiger partial charge in [-0.05, 0) is 35.9 Å². The number of halogens is 1. The fraction of sp³-hybridized carbons (Fsp3) is 0.143. The Morgan fingerprint density at radius 1 is 1.11 bits per heavy atom. The van der Waals surface area contributed by atoms with E-state index >= 15 is 0 Å². The van der Waals surface area contributed by atoms with Crippen molar-refractivity contribution in [1.29, 1.82) is 0 Å². The normalized spacial score (nSPS) is 18.6. The summed E-state index contributed by atoms with van der Waals surface area (Å²) in [6.45, 7) is 0.283. The van der Waals surface area contributed by atoms with Crippen molar-refractivity contribution in [3.63, 3.8) is 0 Å². The largest absolute Gasteiger partial charge is 0.461 e. The number of aliphatic hydroxyl groups is 1. The molecule has 0 bridgehead atoms. The first kappa shape index (κ1) is 17.5. The van der Waals surface area contributed by atoms with Gasteiger partial charge in [-0.15, -0.1) is 0 Å². The lowest BCUT2D eigenvalue weighted by Crippen LogP contribution is -2.41. The van der Waals surface area contributed by atoms with Gasteiger partial charge in [-0.1, -0.05) is 41.9 Å². The van der Waals surface area contributed by atoms with E-state index < -0.39 is 23.7 Å². The van der Waals surface area contributed by atoms with Gasteiger partial charge in [-0.3, -0.25) is 9.59 Å². The first-order chi connectivity index (χ1) is 13.0. The maximum absolute atomic E-state index is 13.2. The molecule has 0 fully saturated rings. The van der Waals surface area contributed by atoms with Crippen LogP contribution in [-0.2, 0) is 16.9 Å². The Morgan fingerprint density at radius 2 is 1.89 bits per heavy atom. The molecule has 6 heteroatoms. The Labute approximate surface area is 160 Å². The third-order valence-electron chi connectivity index (χ3n) is 4.69. The number of rotatable bonds is 5. The number of hydrogen-bond acceptors (Lipinski definition) is 4. The van der Waals surface area contributed by atoms with E-state index in [0.717, 1.165) is 5.56 Å². The summed E-state index contributed by atoms with van der Waals surface area (Å²) >= 11 is 6.10. The molecule has 1 N–H and O–H groups in total. The van der Waals surface area contributed by atoms with Gasteiger partial charge in [0.1, 0.15) is 0 Å². The number of fused-ring (bicyclic) bond motifs is 1. The lowest BCUT2D eigenvalue weighted by atomic mass is 9.89. The molecule has 3 aromatic rings. The standard InChI is InChI=1S/C21H16ClNO4/c22-15-8-9-17-16(11-15)21(26,12-18(24)19-7-4-10-27-19)20(25)23(17)13-14-5-2-1-3-6-14/h1-11,26H,12-13H2. The predicted octanol–water partition coefficient (Wildman–Crippen LogP) is 3.94. The molecule has 1 aliphatic heterocycles. The number of benzene rings is 2. The molecular weight excluding hydrogens is 366 g/mol. The highest BCUT2D eigenvalue weighted by atomic mass is 35.5. The molecule has 0 radical (unpaired) electrons. The number of furan rings is 1. The first-order valence-corrected chi connectivity index (χ1v) is 8.82. The molecule has 1 atom stereocenters. The highest BCUT2D eigenvalue weighted by Crippen LogP contribution is 2.44. The number of anilines is 1. The van der Waals surface area contributed by atoms with Crippen molar-refractivity contribution in [3.05, 3.63) is 88.8 Å². The molecule has 4 rings (SSSR count). The minimum absolute atomic E-state index is 0.0984. The van der Waals surface area contributed by atoms with Crippen LogP contribution in [-0.4, -0.2) is 16.8 Å². The van der Waals surface area contributed by atoms with Crippen molar-refractivity contribution in [2.75, 3.05) is 4.90 Å². The molecule has 0 saturated heterocycles. The Kier molecular flexibility index (Phi) is 4.34. The van der Waals surface area contributed by atoms with Crippen LogP contribution < -0.4 is 4.90 Å². The van der Waals surface area contributed by atoms with Gasteiger partial charge < -0.3 is 14.4 Å². The van der Waals surface area contributed by atoms with E-state index in [9.17, 15) is 14.7 Å². The number of hydrogen-bond donors (Lipinski definition) is 1. The first-order valence-electron chi connectivity index (χ1n) is 8.44. The second-order valence-electron chi connectivity index (χ2n) is 6.48. The number of nitrogens with zero attached hydrogens (tertiary/aromatic N) is 1. The summed E-state index contributed by atoms with van der Waals surface area (Å²) in [5.74, 6) is -0.909. The van der Waals surface area contributed by atoms with Crippen LogP contribution >= 0.6 is 11.6 Å². The van der Waals surface area contributed by atoms with E-state index in [0.29, 0.717) is 16.3 Å². The molecule has 0 aliphatic carbocycles. The summed E-state index contributed by atoms with van der Waals surface area (Å²) in [5.41, 5.74) is -0.203. The van der Waals surface area contributed by atoms with E-state index in [4.69, 9.17) is 16.0 Å². The van der Waals surface area contributed by atoms with Crippen LogP contribution in [0, 0.1) is 0 Å². The van der Waals surface area contributed by atoms with Crippen LogP contribution in [0.1, 0.15) is 28.1 Å². The van der Waals surface area contributed by atoms with Crippen molar-refractivity contribution >= 4 is 29.0 Å². The van der Waals surface area contributed by atoms with Crippen molar-refractivity contribution in [3.8, 4) is 0 Å². The number of carbonyl (C=O) groups is 2. The molecule has 0 saturated carbocycles. The lowest BCUT2D eigenvalue weighted by molar-refractivity contribution is -0.136. The van der Waals surface area contributed by atoms with Gasteiger partial charge in [-0.2, -0.15) is 0 Å². The maximum Gasteiger partial charge on any atom is 0.264 e. The van der Waals surface area contributed by atoms with Gasteiger partial charge in [0.15, 0.2) is 11.4 Å². The third-order valence-corrected chi connectivity index (χ3v) is 4.92. The average Bonchev–Trinajstić information content (AvgIpc) is 3.26. The lowest BCUT2D eigenvalue weighted by Gasteiger charge is -2.22. The van der Waals surface area contributed by atoms with Gasteiger partial charge in [0, 0.05) is 10.6 Å². The zero-order valence-corrected chi connectivity index (χ0v) is 15.0. The van der Waals surface area contributed by atoms with Crippen LogP contribution in [0.4, 0.5) is 5.69 Å². The maximum atomic E-state index is 13.2. The molecule has 2 heterocycles. The van der Waals surface area contributed by atoms with Crippen LogP contribution in [0.15, 0.2) is 71.3 Å². The second-order valence-corrected chi connectivity index (χ2v) is 6.91. The van der Waals surface area contributed by atoms with Crippen molar-refractivity contribution in [1.82, 2.24) is 0 Å². The van der Waals surface area contributed by atoms with Crippen LogP contribution in [0.5, 0.6) is 0 Å². The van der Waals surface area contributed by atoms with Gasteiger partial charge >= 0.3 is 0 Å². The Hall–Kier alpha value is -2.89. The van der Waals surface area contributed by atoms with Gasteiger partial charge in [0.05, 0.1) is 24.9 Å². The topological polar surface area (TPSA) is 70.8 Å². The number of Topliss-reactive ketones (excluding diaryl/α,β-unsaturated/α-hetero) is 1. The Morgan fingerprint density at radius 3 is 2.59 bits per heavy atom. The van der Waals surface area contributed by atoms with Crippen molar-refractivity contribution in [2.24, 2.45) is 0 Å². The summed E-state index contributed by atoms with van der Waals surface area (Å²) in [4.78, 5) is 27.2. The van der Waals surface area contributed by atoms with E-state index in [1.165, 1.54) is 23.3 Å². The van der Waals surface area contributed by atoms with E-state index in [1.807, 2.05) is 30.3 Å². The van der Waals surface area contributed by atoms with Gasteiger partial charge in [0.2, 0.25) is 5.78 Å². The SMILES string of the molecule is O=C(CC1(O)C(=O)N(Cc2ccccc2)c2ccc(Cl)cc21)c1ccco1. The van der Waals surface area contributed by atoms with E-state index in [1.54, 1.807) is 18.2 Å². The number of ketones is 1. The molecular formula is C21H16ClNO4. The second kappa shape index (κ2) is 6.68. The average molecular weight is 382 g/mol. The molecule has 2 aromatic carbocycles. The van der Waals surface area contributed by atoms with E-state index in [2.05, 4.69) is 0 Å². The van der Waals surface area contributed by atoms with Gasteiger partial charge in [0.25, 0.3) is 5.91 Å². The highest BCUT2D eigenvalue weighted by molar-refractivity contribution is 6.31. The fourth-order valence-electron chi connectivity index (χ4n) is 3.37. The zero-order chi connectivity index (χ0) is 19.0. The minimum Gasteiger partial charge on any atom is -0.461 e. The molecule has 0 spiro atoms. The molecule has 1 amide bonds. The fourth-order valence-corrected chi connectivity index (χ4v) is 3.55. The van der Waals surface area contributed by atoms with Gasteiger partial charge in [-0.25, -0.2) is 0 Å². The van der Waals surface area contributed by atoms with Crippen LogP contribution in [0.3, 0.4) is 0 Å². The summed E-state index contributed by atoms with van der Waals surface area (Å²) in [6, 6.07) is 17.4. The zero-order valence-electron chi connectivity index (χ0n) is 14.3. The highest BCUT2D eigenvalue weighted by Gasteiger charge is 2.51. The van der Waals surface area contributed by atoms with E-state index in [-0.39, 0.29) is 12.3 Å². The molecule has 1 aliphatic rings.